The molecule has 0 saturated heterocycles. The van der Waals surface area contributed by atoms with E-state index in [1.807, 2.05) is 0 Å². The average Bonchev–Trinajstić information content (AvgIpc) is 2.56. The molecule has 0 saturated carbocycles. The average molecular weight is 319 g/mol. The molecule has 0 bridgehead atoms. The summed E-state index contributed by atoms with van der Waals surface area (Å²) in [6.45, 7) is 0.674. The van der Waals surface area contributed by atoms with Gasteiger partial charge in [0.05, 0.1) is 24.8 Å². The molecule has 1 amide bonds. The molecule has 1 aromatic carbocycles. The zero-order valence-corrected chi connectivity index (χ0v) is 12.8. The molecule has 23 heavy (non-hydrogen) atoms. The molecule has 0 radical (unpaired) electrons. The molecule has 0 aliphatic rings. The third-order valence-electron chi connectivity index (χ3n) is 3.32. The zero-order valence-electron chi connectivity index (χ0n) is 12.8. The molecule has 1 heterocycles. The van der Waals surface area contributed by atoms with Crippen LogP contribution in [0.3, 0.4) is 0 Å². The SMILES string of the molecule is COC(=O)[C@@H](CO)NC(=O)Cn1c(=O)c(C)nc2ccccc21. The van der Waals surface area contributed by atoms with Crippen LogP contribution in [0.1, 0.15) is 5.69 Å². The highest BCUT2D eigenvalue weighted by Crippen LogP contribution is 2.09. The standard InChI is InChI=1S/C15H17N3O5/c1-9-14(21)18(12-6-4-3-5-10(12)16-9)7-13(20)17-11(8-19)15(22)23-2/h3-6,11,19H,7-8H2,1-2H3,(H,17,20)/t11-/m1/s1. The van der Waals surface area contributed by atoms with Gasteiger partial charge in [0.25, 0.3) is 5.56 Å². The summed E-state index contributed by atoms with van der Waals surface area (Å²) in [5, 5.41) is 11.5. The van der Waals surface area contributed by atoms with Crippen LogP contribution < -0.4 is 10.9 Å². The summed E-state index contributed by atoms with van der Waals surface area (Å²) in [6, 6.07) is 5.76. The molecular weight excluding hydrogens is 302 g/mol. The number of amides is 1. The van der Waals surface area contributed by atoms with Crippen molar-refractivity contribution in [2.75, 3.05) is 13.7 Å². The Balaban J connectivity index is 2.31. The third kappa shape index (κ3) is 3.54. The van der Waals surface area contributed by atoms with Crippen molar-refractivity contribution in [3.8, 4) is 0 Å². The summed E-state index contributed by atoms with van der Waals surface area (Å²) < 4.78 is 5.75. The summed E-state index contributed by atoms with van der Waals surface area (Å²) in [6.07, 6.45) is 0. The van der Waals surface area contributed by atoms with Crippen molar-refractivity contribution in [3.63, 3.8) is 0 Å². The van der Waals surface area contributed by atoms with Crippen molar-refractivity contribution in [1.29, 1.82) is 0 Å². The van der Waals surface area contributed by atoms with Crippen LogP contribution in [-0.2, 0) is 20.9 Å². The van der Waals surface area contributed by atoms with E-state index in [-0.39, 0.29) is 12.2 Å². The molecule has 0 fully saturated rings. The van der Waals surface area contributed by atoms with E-state index in [9.17, 15) is 14.4 Å². The summed E-state index contributed by atoms with van der Waals surface area (Å²) >= 11 is 0. The van der Waals surface area contributed by atoms with Crippen LogP contribution in [0.4, 0.5) is 0 Å². The largest absolute Gasteiger partial charge is 0.467 e. The van der Waals surface area contributed by atoms with Crippen LogP contribution in [0.5, 0.6) is 0 Å². The number of nitrogens with zero attached hydrogens (tertiary/aromatic N) is 2. The Morgan fingerprint density at radius 2 is 2.09 bits per heavy atom. The summed E-state index contributed by atoms with van der Waals surface area (Å²) in [5.74, 6) is -1.35. The number of ether oxygens (including phenoxy) is 1. The van der Waals surface area contributed by atoms with E-state index in [0.717, 1.165) is 7.11 Å². The molecule has 2 N–H and O–H groups in total. The van der Waals surface area contributed by atoms with Gasteiger partial charge < -0.3 is 15.2 Å². The highest BCUT2D eigenvalue weighted by Gasteiger charge is 2.21. The van der Waals surface area contributed by atoms with Gasteiger partial charge in [-0.25, -0.2) is 9.78 Å². The van der Waals surface area contributed by atoms with Crippen LogP contribution >= 0.6 is 0 Å². The van der Waals surface area contributed by atoms with E-state index < -0.39 is 30.1 Å². The number of aryl methyl sites for hydroxylation is 1. The van der Waals surface area contributed by atoms with Crippen molar-refractivity contribution in [1.82, 2.24) is 14.9 Å². The molecule has 1 aromatic heterocycles. The van der Waals surface area contributed by atoms with Crippen molar-refractivity contribution < 1.29 is 19.4 Å². The highest BCUT2D eigenvalue weighted by atomic mass is 16.5. The number of fused-ring (bicyclic) bond motifs is 1. The van der Waals surface area contributed by atoms with Gasteiger partial charge in [-0.05, 0) is 19.1 Å². The number of aromatic nitrogens is 2. The Labute approximate surface area is 131 Å². The van der Waals surface area contributed by atoms with Crippen LogP contribution in [-0.4, -0.2) is 46.3 Å². The molecule has 8 heteroatoms. The van der Waals surface area contributed by atoms with Crippen molar-refractivity contribution in [2.24, 2.45) is 0 Å². The number of hydrogen-bond acceptors (Lipinski definition) is 6. The molecule has 0 aliphatic carbocycles. The van der Waals surface area contributed by atoms with Crippen molar-refractivity contribution in [3.05, 3.63) is 40.3 Å². The van der Waals surface area contributed by atoms with E-state index >= 15 is 0 Å². The van der Waals surface area contributed by atoms with E-state index in [1.54, 1.807) is 31.2 Å². The van der Waals surface area contributed by atoms with Gasteiger partial charge in [-0.15, -0.1) is 0 Å². The number of para-hydroxylation sites is 2. The molecule has 0 unspecified atom stereocenters. The van der Waals surface area contributed by atoms with Gasteiger partial charge in [0.1, 0.15) is 12.2 Å². The van der Waals surface area contributed by atoms with E-state index in [0.29, 0.717) is 11.0 Å². The fourth-order valence-corrected chi connectivity index (χ4v) is 2.18. The number of carbonyl (C=O) groups is 2. The van der Waals surface area contributed by atoms with E-state index in [1.165, 1.54) is 4.57 Å². The van der Waals surface area contributed by atoms with Crippen LogP contribution in [0.2, 0.25) is 0 Å². The lowest BCUT2D eigenvalue weighted by molar-refractivity contribution is -0.146. The molecular formula is C15H17N3O5. The van der Waals surface area contributed by atoms with Crippen LogP contribution in [0, 0.1) is 6.92 Å². The monoisotopic (exact) mass is 319 g/mol. The molecule has 8 nitrogen and oxygen atoms in total. The maximum absolute atomic E-state index is 12.2. The predicted octanol–water partition coefficient (Wildman–Crippen LogP) is -0.645. The highest BCUT2D eigenvalue weighted by molar-refractivity contribution is 5.85. The predicted molar refractivity (Wildman–Crippen MR) is 81.8 cm³/mol. The summed E-state index contributed by atoms with van der Waals surface area (Å²) in [4.78, 5) is 39.9. The quantitative estimate of drug-likeness (QED) is 0.709. The Kier molecular flexibility index (Phi) is 5.07. The van der Waals surface area contributed by atoms with Gasteiger partial charge in [0.2, 0.25) is 5.91 Å². The lowest BCUT2D eigenvalue weighted by atomic mass is 10.2. The van der Waals surface area contributed by atoms with Crippen molar-refractivity contribution in [2.45, 2.75) is 19.5 Å². The first kappa shape index (κ1) is 16.6. The molecule has 2 aromatic rings. The van der Waals surface area contributed by atoms with Crippen LogP contribution in [0.25, 0.3) is 11.0 Å². The summed E-state index contributed by atoms with van der Waals surface area (Å²) in [5.41, 5.74) is 0.974. The number of esters is 1. The lowest BCUT2D eigenvalue weighted by Gasteiger charge is -2.15. The second kappa shape index (κ2) is 7.01. The van der Waals surface area contributed by atoms with E-state index in [2.05, 4.69) is 15.0 Å². The molecule has 2 rings (SSSR count). The van der Waals surface area contributed by atoms with Gasteiger partial charge in [0, 0.05) is 0 Å². The topological polar surface area (TPSA) is 111 Å². The maximum Gasteiger partial charge on any atom is 0.330 e. The van der Waals surface area contributed by atoms with Crippen molar-refractivity contribution >= 4 is 22.9 Å². The fraction of sp³-hybridized carbons (Fsp3) is 0.333. The Hall–Kier alpha value is -2.74. The third-order valence-corrected chi connectivity index (χ3v) is 3.32. The van der Waals surface area contributed by atoms with Crippen LogP contribution in [0.15, 0.2) is 29.1 Å². The number of methoxy groups -OCH3 is 1. The number of aliphatic hydroxyl groups excluding tert-OH is 1. The molecule has 0 spiro atoms. The number of aliphatic hydroxyl groups is 1. The number of carbonyl (C=O) groups excluding carboxylic acids is 2. The van der Waals surface area contributed by atoms with E-state index in [4.69, 9.17) is 5.11 Å². The first-order chi connectivity index (χ1) is 11.0. The second-order valence-corrected chi connectivity index (χ2v) is 4.90. The smallest absolute Gasteiger partial charge is 0.330 e. The molecule has 1 atom stereocenters. The minimum atomic E-state index is -1.17. The Morgan fingerprint density at radius 1 is 1.39 bits per heavy atom. The minimum absolute atomic E-state index is 0.267. The minimum Gasteiger partial charge on any atom is -0.467 e. The Bertz CT molecular complexity index is 799. The summed E-state index contributed by atoms with van der Waals surface area (Å²) in [7, 11) is 1.15. The number of hydrogen-bond donors (Lipinski definition) is 2. The Morgan fingerprint density at radius 3 is 2.74 bits per heavy atom. The fourth-order valence-electron chi connectivity index (χ4n) is 2.18. The number of benzene rings is 1. The maximum atomic E-state index is 12.2. The first-order valence-corrected chi connectivity index (χ1v) is 6.92. The van der Waals surface area contributed by atoms with Gasteiger partial charge in [-0.2, -0.15) is 0 Å². The number of rotatable bonds is 5. The lowest BCUT2D eigenvalue weighted by Crippen LogP contribution is -2.46. The zero-order chi connectivity index (χ0) is 17.0. The molecule has 0 aliphatic heterocycles. The van der Waals surface area contributed by atoms with Gasteiger partial charge in [-0.3, -0.25) is 14.2 Å². The number of nitrogens with one attached hydrogen (secondary N) is 1. The van der Waals surface area contributed by atoms with Gasteiger partial charge in [-0.1, -0.05) is 12.1 Å². The normalized spacial score (nSPS) is 12.0. The second-order valence-electron chi connectivity index (χ2n) is 4.90. The molecule has 122 valence electrons. The van der Waals surface area contributed by atoms with Gasteiger partial charge in [0.15, 0.2) is 6.04 Å². The van der Waals surface area contributed by atoms with Gasteiger partial charge >= 0.3 is 5.97 Å². The first-order valence-electron chi connectivity index (χ1n) is 6.92.